The predicted octanol–water partition coefficient (Wildman–Crippen LogP) is 3.88. The molecule has 3 aromatic rings. The van der Waals surface area contributed by atoms with Gasteiger partial charge in [0.15, 0.2) is 0 Å². The van der Waals surface area contributed by atoms with Gasteiger partial charge in [0.05, 0.1) is 24.9 Å². The Kier molecular flexibility index (Phi) is 3.47. The minimum absolute atomic E-state index is 0.0370. The molecular weight excluding hydrogens is 315 g/mol. The monoisotopic (exact) mass is 334 g/mol. The van der Waals surface area contributed by atoms with Crippen LogP contribution in [0.15, 0.2) is 54.7 Å². The van der Waals surface area contributed by atoms with Gasteiger partial charge in [-0.3, -0.25) is 0 Å². The quantitative estimate of drug-likeness (QED) is 0.731. The molecule has 0 aliphatic carbocycles. The van der Waals surface area contributed by atoms with E-state index in [-0.39, 0.29) is 11.9 Å². The van der Waals surface area contributed by atoms with Crippen LogP contribution in [0, 0.1) is 5.82 Å². The van der Waals surface area contributed by atoms with Gasteiger partial charge in [-0.1, -0.05) is 24.3 Å². The molecule has 0 saturated carbocycles. The van der Waals surface area contributed by atoms with Crippen LogP contribution in [0.1, 0.15) is 34.0 Å². The number of hydrogen-bond acceptors (Lipinski definition) is 2. The molecule has 0 radical (unpaired) electrons. The van der Waals surface area contributed by atoms with E-state index in [1.807, 2.05) is 18.3 Å². The first-order valence-electron chi connectivity index (χ1n) is 8.69. The number of nitrogens with one attached hydrogen (secondary N) is 1. The van der Waals surface area contributed by atoms with Crippen LogP contribution in [-0.4, -0.2) is 11.2 Å². The van der Waals surface area contributed by atoms with Crippen molar-refractivity contribution in [3.63, 3.8) is 0 Å². The lowest BCUT2D eigenvalue weighted by Gasteiger charge is -2.22. The fraction of sp³-hybridized carbons (Fsp3) is 0.238. The molecule has 1 atom stereocenters. The Bertz CT molecular complexity index is 947. The number of aromatic nitrogens is 1. The van der Waals surface area contributed by atoms with Gasteiger partial charge in [-0.05, 0) is 47.4 Å². The third-order valence-corrected chi connectivity index (χ3v) is 5.25. The van der Waals surface area contributed by atoms with Crippen LogP contribution < -0.4 is 5.32 Å². The van der Waals surface area contributed by atoms with Crippen LogP contribution >= 0.6 is 0 Å². The molecule has 0 saturated heterocycles. The lowest BCUT2D eigenvalue weighted by molar-refractivity contribution is 0.110. The zero-order valence-corrected chi connectivity index (χ0v) is 13.8. The zero-order chi connectivity index (χ0) is 16.8. The molecule has 0 amide bonds. The summed E-state index contributed by atoms with van der Waals surface area (Å²) in [5, 5.41) is 3.55. The molecule has 2 aromatic carbocycles. The van der Waals surface area contributed by atoms with E-state index in [4.69, 9.17) is 4.74 Å². The third-order valence-electron chi connectivity index (χ3n) is 5.25. The molecule has 126 valence electrons. The minimum atomic E-state index is -0.159. The number of rotatable bonds is 1. The summed E-state index contributed by atoms with van der Waals surface area (Å²) in [5.41, 5.74) is 6.62. The van der Waals surface area contributed by atoms with Crippen molar-refractivity contribution >= 4 is 0 Å². The predicted molar refractivity (Wildman–Crippen MR) is 94.2 cm³/mol. The van der Waals surface area contributed by atoms with Crippen molar-refractivity contribution in [3.05, 3.63) is 88.5 Å². The maximum Gasteiger partial charge on any atom is 0.129 e. The van der Waals surface area contributed by atoms with Crippen LogP contribution in [0.3, 0.4) is 0 Å². The second-order valence-corrected chi connectivity index (χ2v) is 6.69. The lowest BCUT2D eigenvalue weighted by atomic mass is 9.95. The SMILES string of the molecule is Fc1cccc2c1CNC(c1ccc3c(c1)CCOC3)c1cccn1-2. The molecule has 5 rings (SSSR count). The van der Waals surface area contributed by atoms with Crippen molar-refractivity contribution < 1.29 is 9.13 Å². The fourth-order valence-corrected chi connectivity index (χ4v) is 3.96. The van der Waals surface area contributed by atoms with E-state index < -0.39 is 0 Å². The van der Waals surface area contributed by atoms with Gasteiger partial charge in [0, 0.05) is 24.0 Å². The molecule has 1 N–H and O–H groups in total. The number of benzene rings is 2. The Morgan fingerprint density at radius 3 is 3.00 bits per heavy atom. The Balaban J connectivity index is 1.62. The summed E-state index contributed by atoms with van der Waals surface area (Å²) >= 11 is 0. The molecule has 0 spiro atoms. The maximum atomic E-state index is 14.3. The molecule has 0 fully saturated rings. The number of fused-ring (bicyclic) bond motifs is 4. The maximum absolute atomic E-state index is 14.3. The summed E-state index contributed by atoms with van der Waals surface area (Å²) in [6.07, 6.45) is 2.96. The first-order valence-corrected chi connectivity index (χ1v) is 8.69. The highest BCUT2D eigenvalue weighted by Gasteiger charge is 2.25. The summed E-state index contributed by atoms with van der Waals surface area (Å²) in [4.78, 5) is 0. The summed E-state index contributed by atoms with van der Waals surface area (Å²) < 4.78 is 22.0. The van der Waals surface area contributed by atoms with Crippen molar-refractivity contribution in [1.29, 1.82) is 0 Å². The van der Waals surface area contributed by atoms with Crippen LogP contribution in [0.2, 0.25) is 0 Å². The first kappa shape index (κ1) is 14.9. The highest BCUT2D eigenvalue weighted by Crippen LogP contribution is 2.32. The van der Waals surface area contributed by atoms with E-state index in [1.165, 1.54) is 22.8 Å². The molecule has 2 aliphatic heterocycles. The Hall–Kier alpha value is -2.43. The molecule has 25 heavy (non-hydrogen) atoms. The number of nitrogens with zero attached hydrogens (tertiary/aromatic N) is 1. The number of halogens is 1. The normalized spacial score (nSPS) is 18.8. The number of ether oxygens (including phenoxy) is 1. The average molecular weight is 334 g/mol. The first-order chi connectivity index (χ1) is 12.3. The lowest BCUT2D eigenvalue weighted by Crippen LogP contribution is -2.22. The fourth-order valence-electron chi connectivity index (χ4n) is 3.96. The molecule has 1 aromatic heterocycles. The van der Waals surface area contributed by atoms with Crippen LogP contribution in [0.5, 0.6) is 0 Å². The smallest absolute Gasteiger partial charge is 0.129 e. The van der Waals surface area contributed by atoms with Gasteiger partial charge in [-0.25, -0.2) is 4.39 Å². The third kappa shape index (κ3) is 2.41. The second kappa shape index (κ2) is 5.83. The van der Waals surface area contributed by atoms with E-state index in [0.717, 1.165) is 24.4 Å². The topological polar surface area (TPSA) is 26.2 Å². The molecular formula is C21H19FN2O. The van der Waals surface area contributed by atoms with Gasteiger partial charge in [-0.15, -0.1) is 0 Å². The van der Waals surface area contributed by atoms with E-state index in [2.05, 4.69) is 34.1 Å². The van der Waals surface area contributed by atoms with Gasteiger partial charge >= 0.3 is 0 Å². The zero-order valence-electron chi connectivity index (χ0n) is 13.8. The minimum Gasteiger partial charge on any atom is -0.376 e. The molecule has 4 heteroatoms. The summed E-state index contributed by atoms with van der Waals surface area (Å²) in [6.45, 7) is 1.98. The largest absolute Gasteiger partial charge is 0.376 e. The molecule has 3 heterocycles. The Morgan fingerprint density at radius 1 is 1.08 bits per heavy atom. The van der Waals surface area contributed by atoms with E-state index in [9.17, 15) is 4.39 Å². The Labute approximate surface area is 146 Å². The van der Waals surface area contributed by atoms with Gasteiger partial charge in [-0.2, -0.15) is 0 Å². The van der Waals surface area contributed by atoms with E-state index in [0.29, 0.717) is 18.7 Å². The molecule has 0 bridgehead atoms. The summed E-state index contributed by atoms with van der Waals surface area (Å²) in [7, 11) is 0. The van der Waals surface area contributed by atoms with Crippen molar-refractivity contribution in [3.8, 4) is 5.69 Å². The van der Waals surface area contributed by atoms with Gasteiger partial charge in [0.1, 0.15) is 5.82 Å². The summed E-state index contributed by atoms with van der Waals surface area (Å²) in [6, 6.07) is 16.1. The van der Waals surface area contributed by atoms with E-state index >= 15 is 0 Å². The highest BCUT2D eigenvalue weighted by molar-refractivity contribution is 5.48. The van der Waals surface area contributed by atoms with Gasteiger partial charge < -0.3 is 14.6 Å². The second-order valence-electron chi connectivity index (χ2n) is 6.69. The van der Waals surface area contributed by atoms with Gasteiger partial charge in [0.25, 0.3) is 0 Å². The highest BCUT2D eigenvalue weighted by atomic mass is 19.1. The van der Waals surface area contributed by atoms with Crippen LogP contribution in [-0.2, 0) is 24.3 Å². The molecule has 1 unspecified atom stereocenters. The average Bonchev–Trinajstić information content (AvgIpc) is 3.06. The van der Waals surface area contributed by atoms with Crippen LogP contribution in [0.25, 0.3) is 5.69 Å². The number of hydrogen-bond donors (Lipinski definition) is 1. The van der Waals surface area contributed by atoms with Gasteiger partial charge in [0.2, 0.25) is 0 Å². The Morgan fingerprint density at radius 2 is 2.04 bits per heavy atom. The van der Waals surface area contributed by atoms with Crippen LogP contribution in [0.4, 0.5) is 4.39 Å². The standard InChI is InChI=1S/C21H19FN2O/c22-18-3-1-4-19-17(18)12-23-21(20-5-2-9-24(19)20)15-6-7-16-13-25-10-8-14(16)11-15/h1-7,9,11,21,23H,8,10,12-13H2. The van der Waals surface area contributed by atoms with Crippen molar-refractivity contribution in [2.75, 3.05) is 6.61 Å². The molecule has 2 aliphatic rings. The summed E-state index contributed by atoms with van der Waals surface area (Å²) in [5.74, 6) is -0.159. The van der Waals surface area contributed by atoms with Crippen molar-refractivity contribution in [1.82, 2.24) is 9.88 Å². The van der Waals surface area contributed by atoms with E-state index in [1.54, 1.807) is 6.07 Å². The van der Waals surface area contributed by atoms with Crippen molar-refractivity contribution in [2.45, 2.75) is 25.6 Å². The molecule has 3 nitrogen and oxygen atoms in total. The van der Waals surface area contributed by atoms with Crippen molar-refractivity contribution in [2.24, 2.45) is 0 Å².